The predicted octanol–water partition coefficient (Wildman–Crippen LogP) is 3.48. The molecule has 0 amide bonds. The molecule has 0 spiro atoms. The first-order valence-electron chi connectivity index (χ1n) is 9.32. The Hall–Kier alpha value is -2.64. The Balaban J connectivity index is 1.45. The molecule has 1 atom stereocenters. The van der Waals surface area contributed by atoms with Crippen molar-refractivity contribution < 1.29 is 17.9 Å². The van der Waals surface area contributed by atoms with Gasteiger partial charge in [0.05, 0.1) is 23.6 Å². The van der Waals surface area contributed by atoms with E-state index in [2.05, 4.69) is 4.98 Å². The zero-order valence-electron chi connectivity index (χ0n) is 15.6. The van der Waals surface area contributed by atoms with E-state index >= 15 is 0 Å². The van der Waals surface area contributed by atoms with Gasteiger partial charge in [0.15, 0.2) is 0 Å². The number of benzene rings is 2. The van der Waals surface area contributed by atoms with Gasteiger partial charge < -0.3 is 9.47 Å². The number of ether oxygens (including phenoxy) is 2. The molecular formula is C21H22N2O4S. The molecule has 146 valence electrons. The molecule has 0 aliphatic carbocycles. The first kappa shape index (κ1) is 18.7. The summed E-state index contributed by atoms with van der Waals surface area (Å²) in [4.78, 5) is 4.77. The van der Waals surface area contributed by atoms with Crippen LogP contribution < -0.4 is 9.47 Å². The maximum Gasteiger partial charge on any atom is 0.243 e. The molecule has 0 N–H and O–H groups in total. The molecule has 28 heavy (non-hydrogen) atoms. The van der Waals surface area contributed by atoms with E-state index < -0.39 is 10.0 Å². The lowest BCUT2D eigenvalue weighted by Gasteiger charge is -2.17. The Bertz CT molecular complexity index is 1070. The fourth-order valence-electron chi connectivity index (χ4n) is 3.32. The molecule has 1 unspecified atom stereocenters. The Morgan fingerprint density at radius 3 is 2.64 bits per heavy atom. The minimum absolute atomic E-state index is 0.217. The van der Waals surface area contributed by atoms with Crippen molar-refractivity contribution in [1.82, 2.24) is 9.29 Å². The molecule has 1 aliphatic rings. The molecule has 1 saturated heterocycles. The van der Waals surface area contributed by atoms with Crippen LogP contribution in [0.3, 0.4) is 0 Å². The summed E-state index contributed by atoms with van der Waals surface area (Å²) in [6, 6.07) is 18.1. The summed E-state index contributed by atoms with van der Waals surface area (Å²) in [5.41, 5.74) is 0.858. The molecule has 2 aromatic carbocycles. The second kappa shape index (κ2) is 7.77. The summed E-state index contributed by atoms with van der Waals surface area (Å²) < 4.78 is 38.6. The van der Waals surface area contributed by atoms with Crippen LogP contribution >= 0.6 is 0 Å². The largest absolute Gasteiger partial charge is 0.494 e. The van der Waals surface area contributed by atoms with Gasteiger partial charge in [-0.1, -0.05) is 18.2 Å². The summed E-state index contributed by atoms with van der Waals surface area (Å²) in [7, 11) is -3.55. The van der Waals surface area contributed by atoms with Crippen LogP contribution in [0.2, 0.25) is 0 Å². The monoisotopic (exact) mass is 398 g/mol. The van der Waals surface area contributed by atoms with Gasteiger partial charge in [0.1, 0.15) is 11.9 Å². The number of pyridine rings is 1. The van der Waals surface area contributed by atoms with Gasteiger partial charge >= 0.3 is 0 Å². The predicted molar refractivity (Wildman–Crippen MR) is 107 cm³/mol. The fourth-order valence-corrected chi connectivity index (χ4v) is 4.81. The van der Waals surface area contributed by atoms with Crippen molar-refractivity contribution in [1.29, 1.82) is 0 Å². The van der Waals surface area contributed by atoms with Crippen LogP contribution in [0.1, 0.15) is 13.3 Å². The van der Waals surface area contributed by atoms with Crippen molar-refractivity contribution in [2.24, 2.45) is 0 Å². The third-order valence-electron chi connectivity index (χ3n) is 4.74. The smallest absolute Gasteiger partial charge is 0.243 e. The van der Waals surface area contributed by atoms with E-state index in [1.165, 1.54) is 4.31 Å². The van der Waals surface area contributed by atoms with E-state index in [0.29, 0.717) is 37.7 Å². The van der Waals surface area contributed by atoms with Crippen molar-refractivity contribution in [3.05, 3.63) is 60.7 Å². The standard InChI is InChI=1S/C21H22N2O4S/c1-2-26-17-8-10-19(11-9-17)28(24,25)23-14-13-18(15-23)27-21-12-7-16-5-3-4-6-20(16)22-21/h3-12,18H,2,13-15H2,1H3. The van der Waals surface area contributed by atoms with Gasteiger partial charge in [-0.25, -0.2) is 13.4 Å². The highest BCUT2D eigenvalue weighted by atomic mass is 32.2. The van der Waals surface area contributed by atoms with Crippen molar-refractivity contribution in [2.75, 3.05) is 19.7 Å². The Morgan fingerprint density at radius 1 is 1.07 bits per heavy atom. The average molecular weight is 398 g/mol. The van der Waals surface area contributed by atoms with Crippen LogP contribution in [0, 0.1) is 0 Å². The molecule has 6 nitrogen and oxygen atoms in total. The van der Waals surface area contributed by atoms with Gasteiger partial charge in [0.2, 0.25) is 15.9 Å². The lowest BCUT2D eigenvalue weighted by Crippen LogP contribution is -2.31. The highest BCUT2D eigenvalue weighted by Gasteiger charge is 2.33. The normalized spacial score (nSPS) is 17.7. The first-order valence-corrected chi connectivity index (χ1v) is 10.8. The van der Waals surface area contributed by atoms with E-state index in [1.807, 2.05) is 43.3 Å². The van der Waals surface area contributed by atoms with Gasteiger partial charge in [-0.2, -0.15) is 4.31 Å². The number of aromatic nitrogens is 1. The zero-order valence-corrected chi connectivity index (χ0v) is 16.4. The van der Waals surface area contributed by atoms with Crippen LogP contribution in [0.5, 0.6) is 11.6 Å². The molecule has 0 saturated carbocycles. The third kappa shape index (κ3) is 3.81. The van der Waals surface area contributed by atoms with Gasteiger partial charge in [-0.3, -0.25) is 0 Å². The molecule has 2 heterocycles. The quantitative estimate of drug-likeness (QED) is 0.636. The first-order chi connectivity index (χ1) is 13.6. The second-order valence-corrected chi connectivity index (χ2v) is 8.58. The molecule has 3 aromatic rings. The molecule has 1 fully saturated rings. The summed E-state index contributed by atoms with van der Waals surface area (Å²) >= 11 is 0. The highest BCUT2D eigenvalue weighted by molar-refractivity contribution is 7.89. The van der Waals surface area contributed by atoms with Crippen LogP contribution in [0.25, 0.3) is 10.9 Å². The fraction of sp³-hybridized carbons (Fsp3) is 0.286. The molecule has 1 aromatic heterocycles. The lowest BCUT2D eigenvalue weighted by molar-refractivity contribution is 0.207. The van der Waals surface area contributed by atoms with Gasteiger partial charge in [-0.15, -0.1) is 0 Å². The van der Waals surface area contributed by atoms with E-state index in [0.717, 1.165) is 10.9 Å². The van der Waals surface area contributed by atoms with Crippen LogP contribution in [-0.2, 0) is 10.0 Å². The number of nitrogens with zero attached hydrogens (tertiary/aromatic N) is 2. The van der Waals surface area contributed by atoms with Gasteiger partial charge in [0, 0.05) is 18.0 Å². The number of para-hydroxylation sites is 1. The van der Waals surface area contributed by atoms with Crippen LogP contribution in [-0.4, -0.2) is 43.5 Å². The Kier molecular flexibility index (Phi) is 5.19. The van der Waals surface area contributed by atoms with E-state index in [9.17, 15) is 8.42 Å². The number of hydrogen-bond acceptors (Lipinski definition) is 5. The molecule has 0 radical (unpaired) electrons. The van der Waals surface area contributed by atoms with Crippen LogP contribution in [0.15, 0.2) is 65.6 Å². The van der Waals surface area contributed by atoms with E-state index in [-0.39, 0.29) is 11.0 Å². The summed E-state index contributed by atoms with van der Waals surface area (Å²) in [5, 5.41) is 1.04. The molecule has 1 aliphatic heterocycles. The number of hydrogen-bond donors (Lipinski definition) is 0. The minimum Gasteiger partial charge on any atom is -0.494 e. The van der Waals surface area contributed by atoms with Crippen LogP contribution in [0.4, 0.5) is 0 Å². The van der Waals surface area contributed by atoms with Gasteiger partial charge in [0.25, 0.3) is 0 Å². The molecular weight excluding hydrogens is 376 g/mol. The Morgan fingerprint density at radius 2 is 1.86 bits per heavy atom. The van der Waals surface area contributed by atoms with Crippen molar-refractivity contribution in [2.45, 2.75) is 24.3 Å². The number of fused-ring (bicyclic) bond motifs is 1. The van der Waals surface area contributed by atoms with Crippen molar-refractivity contribution >= 4 is 20.9 Å². The summed E-state index contributed by atoms with van der Waals surface area (Å²) in [6.07, 6.45) is 0.413. The maximum atomic E-state index is 12.9. The maximum absolute atomic E-state index is 12.9. The number of sulfonamides is 1. The SMILES string of the molecule is CCOc1ccc(S(=O)(=O)N2CCC(Oc3ccc4ccccc4n3)C2)cc1. The molecule has 4 rings (SSSR count). The topological polar surface area (TPSA) is 68.7 Å². The average Bonchev–Trinajstić information content (AvgIpc) is 3.18. The zero-order chi connectivity index (χ0) is 19.6. The molecule has 7 heteroatoms. The molecule has 0 bridgehead atoms. The Labute approximate surface area is 164 Å². The highest BCUT2D eigenvalue weighted by Crippen LogP contribution is 2.25. The second-order valence-electron chi connectivity index (χ2n) is 6.64. The van der Waals surface area contributed by atoms with E-state index in [1.54, 1.807) is 24.3 Å². The minimum atomic E-state index is -3.55. The van der Waals surface area contributed by atoms with Gasteiger partial charge in [-0.05, 0) is 49.7 Å². The summed E-state index contributed by atoms with van der Waals surface area (Å²) in [6.45, 7) is 3.16. The summed E-state index contributed by atoms with van der Waals surface area (Å²) in [5.74, 6) is 1.18. The van der Waals surface area contributed by atoms with Crippen molar-refractivity contribution in [3.63, 3.8) is 0 Å². The van der Waals surface area contributed by atoms with Crippen molar-refractivity contribution in [3.8, 4) is 11.6 Å². The van der Waals surface area contributed by atoms with E-state index in [4.69, 9.17) is 9.47 Å². The lowest BCUT2D eigenvalue weighted by atomic mass is 10.2. The number of rotatable bonds is 6. The third-order valence-corrected chi connectivity index (χ3v) is 6.62.